The Hall–Kier alpha value is -2.21. The van der Waals surface area contributed by atoms with Crippen LogP contribution in [0.25, 0.3) is 10.2 Å². The second-order valence-electron chi connectivity index (χ2n) is 4.35. The van der Waals surface area contributed by atoms with Gasteiger partial charge in [0.05, 0.1) is 5.52 Å². The molecule has 1 aromatic carbocycles. The van der Waals surface area contributed by atoms with E-state index in [4.69, 9.17) is 4.74 Å². The van der Waals surface area contributed by atoms with Gasteiger partial charge in [-0.1, -0.05) is 6.07 Å². The average molecular weight is 290 g/mol. The third kappa shape index (κ3) is 2.42. The van der Waals surface area contributed by atoms with Gasteiger partial charge in [-0.25, -0.2) is 9.37 Å². The summed E-state index contributed by atoms with van der Waals surface area (Å²) in [4.78, 5) is 18.8. The maximum absolute atomic E-state index is 13.2. The Bertz CT molecular complexity index is 825. The molecule has 0 atom stereocenters. The number of rotatable bonds is 3. The number of halogens is 1. The Labute approximate surface area is 117 Å². The molecule has 0 saturated heterocycles. The van der Waals surface area contributed by atoms with Crippen molar-refractivity contribution in [3.05, 3.63) is 57.2 Å². The molecule has 1 N–H and O–H groups in total. The predicted octanol–water partition coefficient (Wildman–Crippen LogP) is 3.01. The summed E-state index contributed by atoms with van der Waals surface area (Å²) in [5.41, 5.74) is 1.29. The second-order valence-corrected chi connectivity index (χ2v) is 5.26. The number of thiophene rings is 1. The van der Waals surface area contributed by atoms with Crippen molar-refractivity contribution in [2.75, 3.05) is 0 Å². The van der Waals surface area contributed by atoms with Crippen LogP contribution in [-0.2, 0) is 6.61 Å². The number of ether oxygens (including phenoxy) is 1. The van der Waals surface area contributed by atoms with E-state index in [2.05, 4.69) is 9.97 Å². The van der Waals surface area contributed by atoms with E-state index in [0.717, 1.165) is 5.56 Å². The smallest absolute Gasteiger partial charge is 0.268 e. The summed E-state index contributed by atoms with van der Waals surface area (Å²) in [6, 6.07) is 6.12. The van der Waals surface area contributed by atoms with Crippen molar-refractivity contribution in [2.24, 2.45) is 0 Å². The molecule has 0 aliphatic carbocycles. The molecule has 2 heterocycles. The summed E-state index contributed by atoms with van der Waals surface area (Å²) >= 11 is 1.34. The number of aryl methyl sites for hydroxylation is 1. The van der Waals surface area contributed by atoms with E-state index in [-0.39, 0.29) is 18.0 Å². The minimum atomic E-state index is -0.361. The quantitative estimate of drug-likeness (QED) is 0.806. The lowest BCUT2D eigenvalue weighted by molar-refractivity contribution is 0.292. The van der Waals surface area contributed by atoms with Gasteiger partial charge in [-0.15, -0.1) is 11.3 Å². The van der Waals surface area contributed by atoms with Gasteiger partial charge >= 0.3 is 0 Å². The SMILES string of the molecule is Cc1ccc(F)cc1OCc1nc2ccsc2c(=O)[nH]1. The van der Waals surface area contributed by atoms with Gasteiger partial charge in [0.15, 0.2) is 0 Å². The lowest BCUT2D eigenvalue weighted by atomic mass is 10.2. The summed E-state index contributed by atoms with van der Waals surface area (Å²) in [6.07, 6.45) is 0. The lowest BCUT2D eigenvalue weighted by Gasteiger charge is -2.08. The standard InChI is InChI=1S/C14H11FN2O2S/c1-8-2-3-9(15)6-11(8)19-7-12-16-10-4-5-20-13(10)14(18)17-12/h2-6H,7H2,1H3,(H,16,17,18). The molecule has 4 nitrogen and oxygen atoms in total. The lowest BCUT2D eigenvalue weighted by Crippen LogP contribution is -2.12. The van der Waals surface area contributed by atoms with Crippen LogP contribution in [0.15, 0.2) is 34.4 Å². The minimum absolute atomic E-state index is 0.0886. The Balaban J connectivity index is 1.86. The summed E-state index contributed by atoms with van der Waals surface area (Å²) < 4.78 is 19.3. The molecule has 2 aromatic heterocycles. The van der Waals surface area contributed by atoms with Crippen LogP contribution in [0.2, 0.25) is 0 Å². The highest BCUT2D eigenvalue weighted by Crippen LogP contribution is 2.20. The first-order chi connectivity index (χ1) is 9.63. The molecule has 0 spiro atoms. The summed E-state index contributed by atoms with van der Waals surface area (Å²) in [6.45, 7) is 1.92. The maximum atomic E-state index is 13.2. The zero-order chi connectivity index (χ0) is 14.1. The first kappa shape index (κ1) is 12.8. The highest BCUT2D eigenvalue weighted by molar-refractivity contribution is 7.17. The Morgan fingerprint density at radius 1 is 1.40 bits per heavy atom. The molecular weight excluding hydrogens is 279 g/mol. The molecule has 20 heavy (non-hydrogen) atoms. The number of hydrogen-bond acceptors (Lipinski definition) is 4. The van der Waals surface area contributed by atoms with E-state index in [1.165, 1.54) is 23.5 Å². The van der Waals surface area contributed by atoms with Crippen molar-refractivity contribution in [3.8, 4) is 5.75 Å². The number of aromatic amines is 1. The van der Waals surface area contributed by atoms with Gasteiger partial charge in [-0.05, 0) is 30.0 Å². The first-order valence-corrected chi connectivity index (χ1v) is 6.87. The van der Waals surface area contributed by atoms with E-state index < -0.39 is 0 Å². The van der Waals surface area contributed by atoms with Gasteiger partial charge in [0.2, 0.25) is 0 Å². The molecule has 3 rings (SSSR count). The maximum Gasteiger partial charge on any atom is 0.268 e. The number of nitrogens with zero attached hydrogens (tertiary/aromatic N) is 1. The molecule has 3 aromatic rings. The fraction of sp³-hybridized carbons (Fsp3) is 0.143. The Morgan fingerprint density at radius 2 is 2.25 bits per heavy atom. The Kier molecular flexibility index (Phi) is 3.23. The predicted molar refractivity (Wildman–Crippen MR) is 75.7 cm³/mol. The molecular formula is C14H11FN2O2S. The molecule has 102 valence electrons. The van der Waals surface area contributed by atoms with Gasteiger partial charge < -0.3 is 9.72 Å². The third-order valence-electron chi connectivity index (χ3n) is 2.88. The number of hydrogen-bond donors (Lipinski definition) is 1. The van der Waals surface area contributed by atoms with Crippen molar-refractivity contribution in [1.82, 2.24) is 9.97 Å². The van der Waals surface area contributed by atoms with Crippen molar-refractivity contribution in [1.29, 1.82) is 0 Å². The zero-order valence-electron chi connectivity index (χ0n) is 10.6. The summed E-state index contributed by atoms with van der Waals surface area (Å²) in [5.74, 6) is 0.503. The fourth-order valence-corrected chi connectivity index (χ4v) is 2.59. The molecule has 0 bridgehead atoms. The topological polar surface area (TPSA) is 55.0 Å². The van der Waals surface area contributed by atoms with Crippen molar-refractivity contribution >= 4 is 21.6 Å². The molecule has 0 amide bonds. The van der Waals surface area contributed by atoms with Crippen molar-refractivity contribution in [2.45, 2.75) is 13.5 Å². The fourth-order valence-electron chi connectivity index (χ4n) is 1.87. The largest absolute Gasteiger partial charge is 0.485 e. The summed E-state index contributed by atoms with van der Waals surface area (Å²) in [7, 11) is 0. The van der Waals surface area contributed by atoms with E-state index >= 15 is 0 Å². The van der Waals surface area contributed by atoms with E-state index in [1.54, 1.807) is 12.1 Å². The highest BCUT2D eigenvalue weighted by Gasteiger charge is 2.07. The first-order valence-electron chi connectivity index (χ1n) is 5.99. The van der Waals surface area contributed by atoms with Crippen LogP contribution >= 0.6 is 11.3 Å². The number of H-pyrrole nitrogens is 1. The molecule has 0 radical (unpaired) electrons. The van der Waals surface area contributed by atoms with Crippen LogP contribution in [0.1, 0.15) is 11.4 Å². The van der Waals surface area contributed by atoms with Gasteiger partial charge in [-0.2, -0.15) is 0 Å². The molecule has 0 saturated carbocycles. The van der Waals surface area contributed by atoms with Crippen LogP contribution < -0.4 is 10.3 Å². The van der Waals surface area contributed by atoms with E-state index in [0.29, 0.717) is 21.8 Å². The van der Waals surface area contributed by atoms with Crippen LogP contribution in [0.3, 0.4) is 0 Å². The Morgan fingerprint density at radius 3 is 3.10 bits per heavy atom. The third-order valence-corrected chi connectivity index (χ3v) is 3.78. The van der Waals surface area contributed by atoms with E-state index in [1.807, 2.05) is 12.3 Å². The summed E-state index contributed by atoms with van der Waals surface area (Å²) in [5, 5.41) is 1.81. The molecule has 0 unspecified atom stereocenters. The second kappa shape index (κ2) is 5.05. The normalized spacial score (nSPS) is 10.9. The average Bonchev–Trinajstić information content (AvgIpc) is 2.89. The van der Waals surface area contributed by atoms with E-state index in [9.17, 15) is 9.18 Å². The molecule has 0 aliphatic rings. The molecule has 0 aliphatic heterocycles. The van der Waals surface area contributed by atoms with Gasteiger partial charge in [0, 0.05) is 6.07 Å². The van der Waals surface area contributed by atoms with Gasteiger partial charge in [0.1, 0.15) is 28.7 Å². The van der Waals surface area contributed by atoms with Crippen LogP contribution in [0.5, 0.6) is 5.75 Å². The van der Waals surface area contributed by atoms with Crippen molar-refractivity contribution < 1.29 is 9.13 Å². The number of fused-ring (bicyclic) bond motifs is 1. The monoisotopic (exact) mass is 290 g/mol. The number of nitrogens with one attached hydrogen (secondary N) is 1. The van der Waals surface area contributed by atoms with Crippen LogP contribution in [0.4, 0.5) is 4.39 Å². The molecule has 0 fully saturated rings. The van der Waals surface area contributed by atoms with Crippen LogP contribution in [-0.4, -0.2) is 9.97 Å². The van der Waals surface area contributed by atoms with Gasteiger partial charge in [-0.3, -0.25) is 4.79 Å². The minimum Gasteiger partial charge on any atom is -0.485 e. The highest BCUT2D eigenvalue weighted by atomic mass is 32.1. The zero-order valence-corrected chi connectivity index (χ0v) is 11.5. The van der Waals surface area contributed by atoms with Crippen LogP contribution in [0, 0.1) is 12.7 Å². The number of benzene rings is 1. The van der Waals surface area contributed by atoms with Gasteiger partial charge in [0.25, 0.3) is 5.56 Å². The number of aromatic nitrogens is 2. The van der Waals surface area contributed by atoms with Crippen molar-refractivity contribution in [3.63, 3.8) is 0 Å². The molecule has 6 heteroatoms.